The largest absolute Gasteiger partial charge is 0.478 e. The molecule has 2 aromatic rings. The van der Waals surface area contributed by atoms with E-state index in [4.69, 9.17) is 5.11 Å². The molecule has 0 aliphatic heterocycles. The normalized spacial score (nSPS) is 10.0. The van der Waals surface area contributed by atoms with Crippen LogP contribution in [0.4, 0.5) is 0 Å². The molecule has 0 fully saturated rings. The summed E-state index contributed by atoms with van der Waals surface area (Å²) >= 11 is 0. The number of carboxylic acid groups (broad SMARTS) is 1. The van der Waals surface area contributed by atoms with E-state index in [1.54, 1.807) is 12.1 Å². The van der Waals surface area contributed by atoms with Crippen molar-refractivity contribution in [3.63, 3.8) is 0 Å². The van der Waals surface area contributed by atoms with Crippen molar-refractivity contribution in [1.82, 2.24) is 15.0 Å². The summed E-state index contributed by atoms with van der Waals surface area (Å²) in [6, 6.07) is 6.03. The monoisotopic (exact) mass is 217 g/mol. The SMILES string of the molecule is O=Cc1cnn(-c2ccc(C(=O)O)cc2)n1. The minimum atomic E-state index is -0.992. The lowest BCUT2D eigenvalue weighted by Gasteiger charge is -1.99. The van der Waals surface area contributed by atoms with Crippen molar-refractivity contribution in [3.05, 3.63) is 41.7 Å². The number of carbonyl (C=O) groups excluding carboxylic acids is 1. The number of carbonyl (C=O) groups is 2. The fourth-order valence-corrected chi connectivity index (χ4v) is 1.19. The van der Waals surface area contributed by atoms with Gasteiger partial charge in [0.15, 0.2) is 6.29 Å². The summed E-state index contributed by atoms with van der Waals surface area (Å²) in [5.74, 6) is -0.992. The molecule has 16 heavy (non-hydrogen) atoms. The fourth-order valence-electron chi connectivity index (χ4n) is 1.19. The molecule has 0 bridgehead atoms. The Labute approximate surface area is 90.1 Å². The quantitative estimate of drug-likeness (QED) is 0.768. The minimum absolute atomic E-state index is 0.187. The Morgan fingerprint density at radius 2 is 2.00 bits per heavy atom. The van der Waals surface area contributed by atoms with Gasteiger partial charge in [0.2, 0.25) is 0 Å². The highest BCUT2D eigenvalue weighted by atomic mass is 16.4. The van der Waals surface area contributed by atoms with Gasteiger partial charge in [0, 0.05) is 0 Å². The Kier molecular flexibility index (Phi) is 2.47. The molecule has 1 N–H and O–H groups in total. The molecule has 0 spiro atoms. The van der Waals surface area contributed by atoms with Crippen LogP contribution in [0.5, 0.6) is 0 Å². The van der Waals surface area contributed by atoms with Crippen LogP contribution >= 0.6 is 0 Å². The number of hydrogen-bond donors (Lipinski definition) is 1. The summed E-state index contributed by atoms with van der Waals surface area (Å²) in [7, 11) is 0. The summed E-state index contributed by atoms with van der Waals surface area (Å²) in [4.78, 5) is 22.3. The molecule has 0 radical (unpaired) electrons. The molecule has 80 valence electrons. The van der Waals surface area contributed by atoms with Crippen molar-refractivity contribution in [2.45, 2.75) is 0 Å². The van der Waals surface area contributed by atoms with Crippen LogP contribution in [0, 0.1) is 0 Å². The van der Waals surface area contributed by atoms with Crippen molar-refractivity contribution in [3.8, 4) is 5.69 Å². The number of carboxylic acids is 1. The molecule has 0 amide bonds. The molecule has 1 heterocycles. The summed E-state index contributed by atoms with van der Waals surface area (Å²) in [5.41, 5.74) is 1.01. The van der Waals surface area contributed by atoms with Crippen molar-refractivity contribution in [1.29, 1.82) is 0 Å². The lowest BCUT2D eigenvalue weighted by Crippen LogP contribution is -2.01. The predicted octanol–water partition coefficient (Wildman–Crippen LogP) is 0.778. The summed E-state index contributed by atoms with van der Waals surface area (Å²) < 4.78 is 0. The van der Waals surface area contributed by atoms with Gasteiger partial charge >= 0.3 is 5.97 Å². The second-order valence-corrected chi connectivity index (χ2v) is 3.03. The minimum Gasteiger partial charge on any atom is -0.478 e. The van der Waals surface area contributed by atoms with Crippen LogP contribution in [0.2, 0.25) is 0 Å². The molecular weight excluding hydrogens is 210 g/mol. The molecule has 6 nitrogen and oxygen atoms in total. The maximum absolute atomic E-state index is 10.6. The van der Waals surface area contributed by atoms with Crippen molar-refractivity contribution < 1.29 is 14.7 Å². The maximum Gasteiger partial charge on any atom is 0.335 e. The van der Waals surface area contributed by atoms with E-state index in [0.717, 1.165) is 0 Å². The molecule has 2 rings (SSSR count). The second kappa shape index (κ2) is 3.93. The zero-order chi connectivity index (χ0) is 11.5. The third-order valence-corrected chi connectivity index (χ3v) is 1.98. The number of aromatic nitrogens is 3. The zero-order valence-electron chi connectivity index (χ0n) is 8.07. The van der Waals surface area contributed by atoms with Crippen LogP contribution in [0.3, 0.4) is 0 Å². The van der Waals surface area contributed by atoms with Gasteiger partial charge in [-0.3, -0.25) is 4.79 Å². The number of benzene rings is 1. The van der Waals surface area contributed by atoms with Gasteiger partial charge in [-0.15, -0.1) is 5.10 Å². The van der Waals surface area contributed by atoms with Gasteiger partial charge in [-0.05, 0) is 24.3 Å². The van der Waals surface area contributed by atoms with Gasteiger partial charge in [0.05, 0.1) is 17.4 Å². The molecule has 0 aliphatic rings. The molecule has 0 aliphatic carbocycles. The highest BCUT2D eigenvalue weighted by molar-refractivity contribution is 5.87. The lowest BCUT2D eigenvalue weighted by molar-refractivity contribution is 0.0696. The van der Waals surface area contributed by atoms with Crippen LogP contribution < -0.4 is 0 Å². The Bertz CT molecular complexity index is 530. The third-order valence-electron chi connectivity index (χ3n) is 1.98. The lowest BCUT2D eigenvalue weighted by atomic mass is 10.2. The Morgan fingerprint density at radius 1 is 1.31 bits per heavy atom. The van der Waals surface area contributed by atoms with Gasteiger partial charge < -0.3 is 5.11 Å². The van der Waals surface area contributed by atoms with Crippen molar-refractivity contribution in [2.24, 2.45) is 0 Å². The smallest absolute Gasteiger partial charge is 0.335 e. The predicted molar refractivity (Wildman–Crippen MR) is 53.7 cm³/mol. The molecular formula is C10H7N3O3. The first-order valence-electron chi connectivity index (χ1n) is 4.42. The van der Waals surface area contributed by atoms with E-state index in [9.17, 15) is 9.59 Å². The average Bonchev–Trinajstić information content (AvgIpc) is 2.77. The van der Waals surface area contributed by atoms with Crippen LogP contribution in [-0.4, -0.2) is 32.4 Å². The van der Waals surface area contributed by atoms with E-state index < -0.39 is 5.97 Å². The van der Waals surface area contributed by atoms with Crippen LogP contribution in [0.1, 0.15) is 20.8 Å². The first kappa shape index (κ1) is 10.0. The average molecular weight is 217 g/mol. The van der Waals surface area contributed by atoms with Gasteiger partial charge in [0.25, 0.3) is 0 Å². The summed E-state index contributed by atoms with van der Waals surface area (Å²) in [6.45, 7) is 0. The highest BCUT2D eigenvalue weighted by Crippen LogP contribution is 2.07. The third kappa shape index (κ3) is 1.81. The zero-order valence-corrected chi connectivity index (χ0v) is 8.07. The molecule has 1 aromatic heterocycles. The fraction of sp³-hybridized carbons (Fsp3) is 0. The van der Waals surface area contributed by atoms with Crippen LogP contribution in [0.25, 0.3) is 5.69 Å². The van der Waals surface area contributed by atoms with Crippen LogP contribution in [-0.2, 0) is 0 Å². The molecule has 0 saturated carbocycles. The highest BCUT2D eigenvalue weighted by Gasteiger charge is 2.04. The number of rotatable bonds is 3. The maximum atomic E-state index is 10.6. The topological polar surface area (TPSA) is 85.1 Å². The summed E-state index contributed by atoms with van der Waals surface area (Å²) in [6.07, 6.45) is 1.92. The van der Waals surface area contributed by atoms with Crippen molar-refractivity contribution >= 4 is 12.3 Å². The first-order valence-corrected chi connectivity index (χ1v) is 4.42. The first-order chi connectivity index (χ1) is 7.70. The molecule has 6 heteroatoms. The number of hydrogen-bond acceptors (Lipinski definition) is 4. The second-order valence-electron chi connectivity index (χ2n) is 3.03. The number of nitrogens with zero attached hydrogens (tertiary/aromatic N) is 3. The van der Waals surface area contributed by atoms with Gasteiger partial charge in [-0.25, -0.2) is 4.79 Å². The van der Waals surface area contributed by atoms with Gasteiger partial charge in [-0.1, -0.05) is 0 Å². The van der Waals surface area contributed by atoms with Crippen molar-refractivity contribution in [2.75, 3.05) is 0 Å². The van der Waals surface area contributed by atoms with E-state index in [-0.39, 0.29) is 11.3 Å². The van der Waals surface area contributed by atoms with E-state index >= 15 is 0 Å². The van der Waals surface area contributed by atoms with E-state index in [1.807, 2.05) is 0 Å². The van der Waals surface area contributed by atoms with Gasteiger partial charge in [-0.2, -0.15) is 9.90 Å². The van der Waals surface area contributed by atoms with Crippen LogP contribution in [0.15, 0.2) is 30.5 Å². The van der Waals surface area contributed by atoms with Gasteiger partial charge in [0.1, 0.15) is 5.69 Å². The molecule has 0 saturated heterocycles. The Morgan fingerprint density at radius 3 is 2.50 bits per heavy atom. The van der Waals surface area contributed by atoms with E-state index in [0.29, 0.717) is 12.0 Å². The Hall–Kier alpha value is -2.50. The standard InChI is InChI=1S/C10H7N3O3/c14-6-8-5-11-13(12-8)9-3-1-7(2-4-9)10(15)16/h1-6H,(H,15,16). The molecule has 0 atom stereocenters. The van der Waals surface area contributed by atoms with E-state index in [1.165, 1.54) is 23.1 Å². The summed E-state index contributed by atoms with van der Waals surface area (Å²) in [5, 5.41) is 16.4. The van der Waals surface area contributed by atoms with E-state index in [2.05, 4.69) is 10.2 Å². The number of aldehydes is 1. The number of aromatic carboxylic acids is 1. The Balaban J connectivity index is 2.34. The molecule has 1 aromatic carbocycles. The molecule has 0 unspecified atom stereocenters.